The van der Waals surface area contributed by atoms with E-state index in [1.54, 1.807) is 0 Å². The Morgan fingerprint density at radius 1 is 0.395 bits per heavy atom. The Kier molecular flexibility index (Phi) is 30.6. The Morgan fingerprint density at radius 2 is 0.632 bits per heavy atom. The van der Waals surface area contributed by atoms with E-state index in [9.17, 15) is 9.90 Å². The van der Waals surface area contributed by atoms with Gasteiger partial charge in [-0.25, -0.2) is 0 Å². The molecular formula is C36H72O2. The minimum Gasteiger partial charge on any atom is -0.481 e. The summed E-state index contributed by atoms with van der Waals surface area (Å²) in [5.74, 6) is -0.223. The summed E-state index contributed by atoms with van der Waals surface area (Å²) in [6, 6.07) is 0. The monoisotopic (exact) mass is 537 g/mol. The molecule has 0 aliphatic carbocycles. The van der Waals surface area contributed by atoms with E-state index in [-0.39, 0.29) is 5.92 Å². The Hall–Kier alpha value is -0.530. The van der Waals surface area contributed by atoms with E-state index >= 15 is 0 Å². The van der Waals surface area contributed by atoms with Crippen molar-refractivity contribution in [1.29, 1.82) is 0 Å². The average molecular weight is 537 g/mol. The lowest BCUT2D eigenvalue weighted by atomic mass is 9.80. The van der Waals surface area contributed by atoms with Crippen molar-refractivity contribution in [2.24, 2.45) is 11.8 Å². The van der Waals surface area contributed by atoms with Crippen molar-refractivity contribution in [3.63, 3.8) is 0 Å². The highest BCUT2D eigenvalue weighted by Crippen LogP contribution is 2.30. The number of unbranched alkanes of at least 4 members (excludes halogenated alkanes) is 24. The summed E-state index contributed by atoms with van der Waals surface area (Å²) >= 11 is 0. The van der Waals surface area contributed by atoms with Gasteiger partial charge in [0.2, 0.25) is 0 Å². The molecule has 2 nitrogen and oxygen atoms in total. The minimum atomic E-state index is -0.514. The van der Waals surface area contributed by atoms with Gasteiger partial charge in [0.15, 0.2) is 0 Å². The molecule has 0 aromatic heterocycles. The first-order valence-electron chi connectivity index (χ1n) is 17.9. The molecule has 0 aromatic carbocycles. The molecule has 0 heterocycles. The fraction of sp³-hybridized carbons (Fsp3) is 0.972. The number of hydrogen-bond acceptors (Lipinski definition) is 1. The van der Waals surface area contributed by atoms with Crippen molar-refractivity contribution in [2.45, 2.75) is 213 Å². The van der Waals surface area contributed by atoms with Gasteiger partial charge in [-0.15, -0.1) is 0 Å². The van der Waals surface area contributed by atoms with E-state index in [2.05, 4.69) is 20.8 Å². The van der Waals surface area contributed by atoms with Crippen LogP contribution in [-0.4, -0.2) is 11.1 Å². The van der Waals surface area contributed by atoms with Crippen LogP contribution in [0.2, 0.25) is 0 Å². The molecule has 0 aliphatic rings. The van der Waals surface area contributed by atoms with Gasteiger partial charge in [-0.2, -0.15) is 0 Å². The van der Waals surface area contributed by atoms with E-state index in [0.29, 0.717) is 5.92 Å². The lowest BCUT2D eigenvalue weighted by Gasteiger charge is -2.24. The Bertz CT molecular complexity index is 460. The lowest BCUT2D eigenvalue weighted by molar-refractivity contribution is -0.144. The molecule has 228 valence electrons. The van der Waals surface area contributed by atoms with Crippen LogP contribution >= 0.6 is 0 Å². The van der Waals surface area contributed by atoms with Crippen LogP contribution in [0.1, 0.15) is 213 Å². The number of carboxylic acids is 1. The van der Waals surface area contributed by atoms with Gasteiger partial charge >= 0.3 is 5.97 Å². The normalized spacial score (nSPS) is 13.1. The predicted octanol–water partition coefficient (Wildman–Crippen LogP) is 13.1. The van der Waals surface area contributed by atoms with Crippen LogP contribution in [-0.2, 0) is 4.79 Å². The highest BCUT2D eigenvalue weighted by atomic mass is 16.4. The Labute approximate surface area is 240 Å². The van der Waals surface area contributed by atoms with Crippen molar-refractivity contribution in [1.82, 2.24) is 0 Å². The van der Waals surface area contributed by atoms with Crippen LogP contribution in [0, 0.1) is 11.8 Å². The fourth-order valence-corrected chi connectivity index (χ4v) is 6.22. The molecule has 0 bridgehead atoms. The summed E-state index contributed by atoms with van der Waals surface area (Å²) in [5, 5.41) is 10.1. The third-order valence-electron chi connectivity index (χ3n) is 8.86. The summed E-state index contributed by atoms with van der Waals surface area (Å²) < 4.78 is 0. The molecule has 0 aromatic rings. The molecule has 2 unspecified atom stereocenters. The van der Waals surface area contributed by atoms with Crippen LogP contribution in [0.3, 0.4) is 0 Å². The molecule has 0 aliphatic heterocycles. The van der Waals surface area contributed by atoms with Gasteiger partial charge < -0.3 is 5.11 Å². The van der Waals surface area contributed by atoms with Gasteiger partial charge in [0.25, 0.3) is 0 Å². The van der Waals surface area contributed by atoms with E-state index in [1.165, 1.54) is 167 Å². The molecule has 0 saturated carbocycles. The molecule has 0 radical (unpaired) electrons. The maximum absolute atomic E-state index is 12.3. The standard InChI is InChI=1S/C36H72O2/c1-4-7-10-13-16-18-19-20-22-24-27-30-33-35(36(37)38)34(31-28-25-15-12-9-6-3)32-29-26-23-21-17-14-11-8-5-2/h34-35H,4-33H2,1-3H3,(H,37,38). The van der Waals surface area contributed by atoms with Crippen molar-refractivity contribution >= 4 is 5.97 Å². The third-order valence-corrected chi connectivity index (χ3v) is 8.86. The first kappa shape index (κ1) is 37.5. The third kappa shape index (κ3) is 25.7. The molecular weight excluding hydrogens is 464 g/mol. The van der Waals surface area contributed by atoms with Crippen LogP contribution in [0.25, 0.3) is 0 Å². The van der Waals surface area contributed by atoms with E-state index < -0.39 is 5.97 Å². The molecule has 0 saturated heterocycles. The van der Waals surface area contributed by atoms with Crippen molar-refractivity contribution in [2.75, 3.05) is 0 Å². The number of hydrogen-bond donors (Lipinski definition) is 1. The van der Waals surface area contributed by atoms with Crippen LogP contribution in [0.4, 0.5) is 0 Å². The zero-order valence-corrected chi connectivity index (χ0v) is 26.7. The summed E-state index contributed by atoms with van der Waals surface area (Å²) in [6.07, 6.45) is 39.3. The molecule has 1 N–H and O–H groups in total. The topological polar surface area (TPSA) is 37.3 Å². The lowest BCUT2D eigenvalue weighted by Crippen LogP contribution is -2.24. The number of rotatable bonds is 32. The fourth-order valence-electron chi connectivity index (χ4n) is 6.22. The number of carboxylic acid groups (broad SMARTS) is 1. The van der Waals surface area contributed by atoms with Crippen LogP contribution in [0.5, 0.6) is 0 Å². The second kappa shape index (κ2) is 31.0. The second-order valence-corrected chi connectivity index (χ2v) is 12.6. The zero-order valence-electron chi connectivity index (χ0n) is 26.7. The summed E-state index contributed by atoms with van der Waals surface area (Å²) in [5.41, 5.74) is 0. The predicted molar refractivity (Wildman–Crippen MR) is 170 cm³/mol. The highest BCUT2D eigenvalue weighted by Gasteiger charge is 2.26. The molecule has 38 heavy (non-hydrogen) atoms. The maximum Gasteiger partial charge on any atom is 0.306 e. The quantitative estimate of drug-likeness (QED) is 0.0868. The van der Waals surface area contributed by atoms with Crippen molar-refractivity contribution in [3.05, 3.63) is 0 Å². The van der Waals surface area contributed by atoms with Gasteiger partial charge in [0, 0.05) is 0 Å². The van der Waals surface area contributed by atoms with Crippen LogP contribution in [0.15, 0.2) is 0 Å². The number of carbonyl (C=O) groups is 1. The highest BCUT2D eigenvalue weighted by molar-refractivity contribution is 5.70. The smallest absolute Gasteiger partial charge is 0.306 e. The van der Waals surface area contributed by atoms with Gasteiger partial charge in [-0.3, -0.25) is 4.79 Å². The van der Waals surface area contributed by atoms with E-state index in [4.69, 9.17) is 0 Å². The summed E-state index contributed by atoms with van der Waals surface area (Å²) in [6.45, 7) is 6.84. The maximum atomic E-state index is 12.3. The zero-order chi connectivity index (χ0) is 27.9. The summed E-state index contributed by atoms with van der Waals surface area (Å²) in [7, 11) is 0. The minimum absolute atomic E-state index is 0.109. The average Bonchev–Trinajstić information content (AvgIpc) is 2.91. The SMILES string of the molecule is CCCCCCCCCCCCCCC(C(=O)O)C(CCCCCCCC)CCCCCCCCCCC. The molecule has 0 fully saturated rings. The van der Waals surface area contributed by atoms with Gasteiger partial charge in [0.1, 0.15) is 0 Å². The molecule has 0 spiro atoms. The Balaban J connectivity index is 4.26. The van der Waals surface area contributed by atoms with Gasteiger partial charge in [-0.1, -0.05) is 194 Å². The molecule has 2 atom stereocenters. The van der Waals surface area contributed by atoms with Gasteiger partial charge in [-0.05, 0) is 25.2 Å². The molecule has 0 rings (SSSR count). The first-order valence-corrected chi connectivity index (χ1v) is 17.9. The Morgan fingerprint density at radius 3 is 0.895 bits per heavy atom. The second-order valence-electron chi connectivity index (χ2n) is 12.6. The van der Waals surface area contributed by atoms with E-state index in [0.717, 1.165) is 25.7 Å². The van der Waals surface area contributed by atoms with E-state index in [1.807, 2.05) is 0 Å². The van der Waals surface area contributed by atoms with Crippen molar-refractivity contribution < 1.29 is 9.90 Å². The summed E-state index contributed by atoms with van der Waals surface area (Å²) in [4.78, 5) is 12.3. The van der Waals surface area contributed by atoms with Crippen molar-refractivity contribution in [3.8, 4) is 0 Å². The van der Waals surface area contributed by atoms with Crippen LogP contribution < -0.4 is 0 Å². The largest absolute Gasteiger partial charge is 0.481 e. The molecule has 2 heteroatoms. The first-order chi connectivity index (χ1) is 18.7. The molecule has 0 amide bonds. The number of aliphatic carboxylic acids is 1. The van der Waals surface area contributed by atoms with Gasteiger partial charge in [0.05, 0.1) is 5.92 Å².